The average Bonchev–Trinajstić information content (AvgIpc) is 3.76. The minimum Gasteiger partial charge on any atom is -0.310 e. The molecule has 1 nitrogen and oxygen atoms in total. The van der Waals surface area contributed by atoms with Crippen LogP contribution in [0.5, 0.6) is 0 Å². The molecule has 8 aliphatic rings. The molecular weight excluding hydrogens is 675 g/mol. The third kappa shape index (κ3) is 3.98. The summed E-state index contributed by atoms with van der Waals surface area (Å²) in [6, 6.07) is 50.7. The zero-order valence-corrected chi connectivity index (χ0v) is 33.0. The van der Waals surface area contributed by atoms with Gasteiger partial charge in [-0.3, -0.25) is 0 Å². The Morgan fingerprint density at radius 1 is 0.411 bits per heavy atom. The molecule has 0 atom stereocenters. The molecule has 276 valence electrons. The highest BCUT2D eigenvalue weighted by molar-refractivity contribution is 5.92. The molecule has 0 saturated heterocycles. The van der Waals surface area contributed by atoms with Crippen molar-refractivity contribution in [2.45, 2.75) is 94.3 Å². The molecule has 0 unspecified atom stereocenters. The Hall–Kier alpha value is -4.88. The molecule has 5 fully saturated rings. The largest absolute Gasteiger partial charge is 0.310 e. The van der Waals surface area contributed by atoms with Gasteiger partial charge in [-0.25, -0.2) is 0 Å². The molecule has 1 heteroatoms. The van der Waals surface area contributed by atoms with Gasteiger partial charge < -0.3 is 4.90 Å². The molecule has 6 aromatic carbocycles. The van der Waals surface area contributed by atoms with Crippen LogP contribution < -0.4 is 4.90 Å². The highest BCUT2D eigenvalue weighted by Crippen LogP contribution is 2.69. The summed E-state index contributed by atoms with van der Waals surface area (Å²) in [6.45, 7) is 4.79. The van der Waals surface area contributed by atoms with E-state index in [4.69, 9.17) is 0 Å². The first kappa shape index (κ1) is 32.2. The van der Waals surface area contributed by atoms with Crippen LogP contribution in [0.15, 0.2) is 127 Å². The first-order valence-electron chi connectivity index (χ1n) is 22.0. The lowest BCUT2D eigenvalue weighted by Gasteiger charge is -2.61. The summed E-state index contributed by atoms with van der Waals surface area (Å²) in [4.78, 5) is 2.60. The van der Waals surface area contributed by atoms with Gasteiger partial charge in [0.15, 0.2) is 0 Å². The number of benzene rings is 6. The van der Waals surface area contributed by atoms with Gasteiger partial charge in [0.25, 0.3) is 0 Å². The van der Waals surface area contributed by atoms with Gasteiger partial charge >= 0.3 is 0 Å². The van der Waals surface area contributed by atoms with Gasteiger partial charge in [-0.15, -0.1) is 0 Å². The fourth-order valence-electron chi connectivity index (χ4n) is 14.9. The summed E-state index contributed by atoms with van der Waals surface area (Å²) in [5.41, 5.74) is 21.9. The Morgan fingerprint density at radius 3 is 1.45 bits per heavy atom. The normalized spacial score (nSPS) is 27.1. The molecule has 6 aromatic rings. The van der Waals surface area contributed by atoms with Gasteiger partial charge in [0.1, 0.15) is 0 Å². The Kier molecular flexibility index (Phi) is 6.42. The van der Waals surface area contributed by atoms with Crippen LogP contribution in [0.4, 0.5) is 17.1 Å². The van der Waals surface area contributed by atoms with Crippen molar-refractivity contribution in [1.29, 1.82) is 0 Å². The average molecular weight is 726 g/mol. The Morgan fingerprint density at radius 2 is 0.821 bits per heavy atom. The summed E-state index contributed by atoms with van der Waals surface area (Å²) in [6.07, 6.45) is 13.7. The molecule has 4 bridgehead atoms. The van der Waals surface area contributed by atoms with Crippen LogP contribution in [0.1, 0.15) is 111 Å². The maximum absolute atomic E-state index is 2.60. The lowest BCUT2D eigenvalue weighted by Crippen LogP contribution is -2.55. The molecule has 0 aromatic heterocycles. The van der Waals surface area contributed by atoms with Gasteiger partial charge in [0.2, 0.25) is 0 Å². The van der Waals surface area contributed by atoms with Crippen LogP contribution >= 0.6 is 0 Å². The second-order valence-electron chi connectivity index (χ2n) is 19.6. The molecule has 56 heavy (non-hydrogen) atoms. The predicted octanol–water partition coefficient (Wildman–Crippen LogP) is 14.4. The minimum absolute atomic E-state index is 0.0227. The van der Waals surface area contributed by atoms with Crippen LogP contribution in [0.25, 0.3) is 33.4 Å². The Balaban J connectivity index is 1.02. The van der Waals surface area contributed by atoms with E-state index in [0.717, 1.165) is 23.7 Å². The molecule has 8 aliphatic carbocycles. The third-order valence-electron chi connectivity index (χ3n) is 16.8. The first-order valence-corrected chi connectivity index (χ1v) is 22.0. The van der Waals surface area contributed by atoms with Crippen molar-refractivity contribution in [1.82, 2.24) is 0 Å². The number of anilines is 3. The Labute approximate surface area is 332 Å². The van der Waals surface area contributed by atoms with Crippen molar-refractivity contribution in [2.24, 2.45) is 23.7 Å². The SMILES string of the molecule is CC1(C)c2ccccc2-c2cc(N(c3ccc4c(c3)-c3ccccc3C43CCCCC3)c3ccc4c(c3)-c3ccccc3C43C4CC5CC(C4)CC3C5)ccc21. The summed E-state index contributed by atoms with van der Waals surface area (Å²) >= 11 is 0. The summed E-state index contributed by atoms with van der Waals surface area (Å²) in [5, 5.41) is 0. The van der Waals surface area contributed by atoms with Gasteiger partial charge in [0, 0.05) is 33.3 Å². The zero-order valence-electron chi connectivity index (χ0n) is 33.0. The lowest BCUT2D eigenvalue weighted by molar-refractivity contribution is -0.0399. The molecular formula is C55H51N. The van der Waals surface area contributed by atoms with E-state index < -0.39 is 0 Å². The maximum Gasteiger partial charge on any atom is 0.0468 e. The van der Waals surface area contributed by atoms with Gasteiger partial charge in [-0.1, -0.05) is 124 Å². The van der Waals surface area contributed by atoms with E-state index in [1.807, 2.05) is 0 Å². The van der Waals surface area contributed by atoms with Crippen molar-refractivity contribution < 1.29 is 0 Å². The first-order chi connectivity index (χ1) is 27.4. The highest BCUT2D eigenvalue weighted by atomic mass is 15.1. The van der Waals surface area contributed by atoms with Crippen LogP contribution in [0, 0.1) is 23.7 Å². The molecule has 0 heterocycles. The van der Waals surface area contributed by atoms with Crippen molar-refractivity contribution in [2.75, 3.05) is 4.90 Å². The molecule has 0 radical (unpaired) electrons. The summed E-state index contributed by atoms with van der Waals surface area (Å²) < 4.78 is 0. The van der Waals surface area contributed by atoms with Crippen molar-refractivity contribution in [3.8, 4) is 33.4 Å². The quantitative estimate of drug-likeness (QED) is 0.176. The van der Waals surface area contributed by atoms with Crippen molar-refractivity contribution in [3.63, 3.8) is 0 Å². The maximum atomic E-state index is 2.60. The van der Waals surface area contributed by atoms with Crippen LogP contribution in [-0.4, -0.2) is 0 Å². The van der Waals surface area contributed by atoms with Crippen molar-refractivity contribution in [3.05, 3.63) is 161 Å². The fourth-order valence-corrected chi connectivity index (χ4v) is 14.9. The zero-order chi connectivity index (χ0) is 37.0. The van der Waals surface area contributed by atoms with Crippen LogP contribution in [-0.2, 0) is 16.2 Å². The van der Waals surface area contributed by atoms with E-state index >= 15 is 0 Å². The topological polar surface area (TPSA) is 3.24 Å². The molecule has 0 N–H and O–H groups in total. The monoisotopic (exact) mass is 725 g/mol. The number of hydrogen-bond donors (Lipinski definition) is 0. The number of hydrogen-bond acceptors (Lipinski definition) is 1. The summed E-state index contributed by atoms with van der Waals surface area (Å²) in [5.74, 6) is 3.43. The van der Waals surface area contributed by atoms with E-state index in [0.29, 0.717) is 0 Å². The molecule has 0 aliphatic heterocycles. The van der Waals surface area contributed by atoms with Gasteiger partial charge in [-0.2, -0.15) is 0 Å². The van der Waals surface area contributed by atoms with E-state index in [-0.39, 0.29) is 16.2 Å². The molecule has 2 spiro atoms. The summed E-state index contributed by atoms with van der Waals surface area (Å²) in [7, 11) is 0. The predicted molar refractivity (Wildman–Crippen MR) is 231 cm³/mol. The Bertz CT molecular complexity index is 2600. The molecule has 5 saturated carbocycles. The highest BCUT2D eigenvalue weighted by Gasteiger charge is 2.61. The van der Waals surface area contributed by atoms with E-state index in [1.165, 1.54) is 126 Å². The second-order valence-corrected chi connectivity index (χ2v) is 19.6. The van der Waals surface area contributed by atoms with Gasteiger partial charge in [0.05, 0.1) is 0 Å². The number of nitrogens with zero attached hydrogens (tertiary/aromatic N) is 1. The van der Waals surface area contributed by atoms with E-state index in [2.05, 4.69) is 146 Å². The fraction of sp³-hybridized carbons (Fsp3) is 0.345. The molecule has 0 amide bonds. The van der Waals surface area contributed by atoms with Gasteiger partial charge in [-0.05, 0) is 172 Å². The smallest absolute Gasteiger partial charge is 0.0468 e. The van der Waals surface area contributed by atoms with Crippen molar-refractivity contribution >= 4 is 17.1 Å². The van der Waals surface area contributed by atoms with E-state index in [1.54, 1.807) is 22.3 Å². The molecule has 14 rings (SSSR count). The van der Waals surface area contributed by atoms with Crippen LogP contribution in [0.2, 0.25) is 0 Å². The van der Waals surface area contributed by atoms with Crippen LogP contribution in [0.3, 0.4) is 0 Å². The second kappa shape index (κ2) is 11.2. The minimum atomic E-state index is -0.0227. The standard InChI is InChI=1S/C55H51N/c1-53(2)47-15-7-4-12-41(47)44-31-38(18-21-48(44)53)56(39-19-22-50-45(32-39)42-13-5-8-16-49(42)54(50)24-10-3-11-25-54)40-20-23-52-46(33-40)43-14-6-9-17-51(43)55(52)36-27-34-26-35(29-36)30-37(55)28-34/h4-9,12-23,31-37H,3,10-11,24-30H2,1-2H3. The number of rotatable bonds is 3. The number of fused-ring (bicyclic) bond motifs is 11. The van der Waals surface area contributed by atoms with E-state index in [9.17, 15) is 0 Å². The third-order valence-corrected chi connectivity index (χ3v) is 16.8. The lowest BCUT2D eigenvalue weighted by atomic mass is 9.43.